The third-order valence-electron chi connectivity index (χ3n) is 2.75. The normalized spacial score (nSPS) is 9.90. The van der Waals surface area contributed by atoms with Crippen molar-refractivity contribution in [1.82, 2.24) is 0 Å². The van der Waals surface area contributed by atoms with Crippen molar-refractivity contribution < 1.29 is 19.4 Å². The van der Waals surface area contributed by atoms with Crippen molar-refractivity contribution in [3.05, 3.63) is 60.2 Å². The Morgan fingerprint density at radius 3 is 2.38 bits per heavy atom. The first-order chi connectivity index (χ1) is 10.1. The highest BCUT2D eigenvalue weighted by Crippen LogP contribution is 2.16. The molecule has 0 aromatic heterocycles. The van der Waals surface area contributed by atoms with Crippen LogP contribution in [0.2, 0.25) is 0 Å². The summed E-state index contributed by atoms with van der Waals surface area (Å²) in [6, 6.07) is 15.8. The van der Waals surface area contributed by atoms with Crippen molar-refractivity contribution in [3.8, 4) is 5.75 Å². The fraction of sp³-hybridized carbons (Fsp3) is 0.125. The van der Waals surface area contributed by atoms with Gasteiger partial charge in [-0.05, 0) is 23.8 Å². The first kappa shape index (κ1) is 14.6. The van der Waals surface area contributed by atoms with Crippen molar-refractivity contribution in [1.29, 1.82) is 0 Å². The van der Waals surface area contributed by atoms with E-state index < -0.39 is 5.97 Å². The molecular formula is C16H15NO4. The third-order valence-corrected chi connectivity index (χ3v) is 2.75. The number of carbonyl (C=O) groups excluding carboxylic acids is 1. The lowest BCUT2D eigenvalue weighted by Crippen LogP contribution is -2.21. The van der Waals surface area contributed by atoms with Gasteiger partial charge in [-0.15, -0.1) is 0 Å². The average molecular weight is 285 g/mol. The number of para-hydroxylation sites is 2. The summed E-state index contributed by atoms with van der Waals surface area (Å²) in [6.07, 6.45) is -0.143. The minimum Gasteiger partial charge on any atom is -0.484 e. The van der Waals surface area contributed by atoms with Crippen molar-refractivity contribution in [2.24, 2.45) is 0 Å². The van der Waals surface area contributed by atoms with Crippen LogP contribution in [0.15, 0.2) is 54.6 Å². The van der Waals surface area contributed by atoms with E-state index in [4.69, 9.17) is 9.84 Å². The van der Waals surface area contributed by atoms with Gasteiger partial charge in [0.15, 0.2) is 6.61 Å². The summed E-state index contributed by atoms with van der Waals surface area (Å²) in [5.41, 5.74) is 1.04. The van der Waals surface area contributed by atoms with Gasteiger partial charge < -0.3 is 15.2 Å². The number of amides is 1. The number of carboxylic acids is 1. The zero-order valence-corrected chi connectivity index (χ0v) is 11.3. The van der Waals surface area contributed by atoms with Gasteiger partial charge >= 0.3 is 5.97 Å². The lowest BCUT2D eigenvalue weighted by molar-refractivity contribution is -0.136. The van der Waals surface area contributed by atoms with Crippen molar-refractivity contribution in [2.45, 2.75) is 6.42 Å². The van der Waals surface area contributed by atoms with Crippen LogP contribution >= 0.6 is 0 Å². The monoisotopic (exact) mass is 285 g/mol. The zero-order valence-electron chi connectivity index (χ0n) is 11.3. The van der Waals surface area contributed by atoms with Crippen LogP contribution in [0.3, 0.4) is 0 Å². The van der Waals surface area contributed by atoms with E-state index in [1.165, 1.54) is 0 Å². The van der Waals surface area contributed by atoms with Crippen LogP contribution in [0, 0.1) is 0 Å². The maximum atomic E-state index is 11.8. The summed E-state index contributed by atoms with van der Waals surface area (Å²) in [5.74, 6) is -0.680. The minimum absolute atomic E-state index is 0.134. The molecule has 5 nitrogen and oxygen atoms in total. The molecule has 0 heterocycles. The largest absolute Gasteiger partial charge is 0.484 e. The van der Waals surface area contributed by atoms with Crippen LogP contribution in [0.5, 0.6) is 5.75 Å². The molecule has 0 aliphatic rings. The minimum atomic E-state index is -0.947. The zero-order chi connectivity index (χ0) is 15.1. The molecule has 0 aliphatic heterocycles. The Bertz CT molecular complexity index is 625. The maximum absolute atomic E-state index is 11.8. The van der Waals surface area contributed by atoms with E-state index in [0.29, 0.717) is 17.0 Å². The van der Waals surface area contributed by atoms with Gasteiger partial charge in [0, 0.05) is 5.69 Å². The van der Waals surface area contributed by atoms with Gasteiger partial charge in [-0.1, -0.05) is 36.4 Å². The van der Waals surface area contributed by atoms with Crippen molar-refractivity contribution >= 4 is 17.6 Å². The molecule has 0 radical (unpaired) electrons. The Morgan fingerprint density at radius 2 is 1.67 bits per heavy atom. The van der Waals surface area contributed by atoms with E-state index >= 15 is 0 Å². The van der Waals surface area contributed by atoms with Crippen molar-refractivity contribution in [3.63, 3.8) is 0 Å². The van der Waals surface area contributed by atoms with Crippen LogP contribution in [0.1, 0.15) is 5.56 Å². The Labute approximate surface area is 122 Å². The standard InChI is InChI=1S/C16H15NO4/c18-15(11-21-13-7-2-1-3-8-13)17-14-9-5-4-6-12(14)10-16(19)20/h1-9H,10-11H2,(H,17,18)(H,19,20). The molecule has 0 atom stereocenters. The number of anilines is 1. The van der Waals surface area contributed by atoms with Crippen LogP contribution in [-0.2, 0) is 16.0 Å². The fourth-order valence-electron chi connectivity index (χ4n) is 1.81. The number of carbonyl (C=O) groups is 2. The molecule has 21 heavy (non-hydrogen) atoms. The molecule has 2 aromatic carbocycles. The molecule has 2 N–H and O–H groups in total. The molecule has 0 saturated heterocycles. The molecule has 0 bridgehead atoms. The number of hydrogen-bond acceptors (Lipinski definition) is 3. The molecule has 0 fully saturated rings. The number of ether oxygens (including phenoxy) is 1. The van der Waals surface area contributed by atoms with E-state index in [1.54, 1.807) is 36.4 Å². The number of nitrogens with one attached hydrogen (secondary N) is 1. The van der Waals surface area contributed by atoms with Crippen LogP contribution in [-0.4, -0.2) is 23.6 Å². The summed E-state index contributed by atoms with van der Waals surface area (Å²) in [4.78, 5) is 22.6. The van der Waals surface area contributed by atoms with E-state index in [1.807, 2.05) is 18.2 Å². The number of rotatable bonds is 6. The predicted octanol–water partition coefficient (Wildman–Crippen LogP) is 2.33. The summed E-state index contributed by atoms with van der Waals surface area (Å²) in [6.45, 7) is -0.134. The molecule has 0 saturated carbocycles. The maximum Gasteiger partial charge on any atom is 0.307 e. The molecule has 0 unspecified atom stereocenters. The SMILES string of the molecule is O=C(O)Cc1ccccc1NC(=O)COc1ccccc1. The molecule has 1 amide bonds. The lowest BCUT2D eigenvalue weighted by Gasteiger charge is -2.10. The van der Waals surface area contributed by atoms with E-state index in [2.05, 4.69) is 5.32 Å². The summed E-state index contributed by atoms with van der Waals surface area (Å²) in [5, 5.41) is 11.5. The Morgan fingerprint density at radius 1 is 1.00 bits per heavy atom. The van der Waals surface area contributed by atoms with E-state index in [9.17, 15) is 9.59 Å². The second-order valence-electron chi connectivity index (χ2n) is 4.38. The van der Waals surface area contributed by atoms with Gasteiger partial charge in [0.2, 0.25) is 0 Å². The van der Waals surface area contributed by atoms with Crippen LogP contribution < -0.4 is 10.1 Å². The van der Waals surface area contributed by atoms with Crippen LogP contribution in [0.4, 0.5) is 5.69 Å². The van der Waals surface area contributed by atoms with Crippen LogP contribution in [0.25, 0.3) is 0 Å². The number of aliphatic carboxylic acids is 1. The molecule has 0 aliphatic carbocycles. The highest BCUT2D eigenvalue weighted by molar-refractivity contribution is 5.93. The van der Waals surface area contributed by atoms with Gasteiger partial charge in [0.1, 0.15) is 5.75 Å². The van der Waals surface area contributed by atoms with Gasteiger partial charge in [-0.3, -0.25) is 9.59 Å². The molecular weight excluding hydrogens is 270 g/mol. The highest BCUT2D eigenvalue weighted by atomic mass is 16.5. The second kappa shape index (κ2) is 7.09. The first-order valence-electron chi connectivity index (χ1n) is 6.42. The van der Waals surface area contributed by atoms with Crippen molar-refractivity contribution in [2.75, 3.05) is 11.9 Å². The van der Waals surface area contributed by atoms with E-state index in [0.717, 1.165) is 0 Å². The van der Waals surface area contributed by atoms with E-state index in [-0.39, 0.29) is 18.9 Å². The molecule has 5 heteroatoms. The van der Waals surface area contributed by atoms with Gasteiger partial charge in [-0.25, -0.2) is 0 Å². The Hall–Kier alpha value is -2.82. The quantitative estimate of drug-likeness (QED) is 0.854. The van der Waals surface area contributed by atoms with Gasteiger partial charge in [-0.2, -0.15) is 0 Å². The number of hydrogen-bond donors (Lipinski definition) is 2. The van der Waals surface area contributed by atoms with Gasteiger partial charge in [0.05, 0.1) is 6.42 Å². The average Bonchev–Trinajstić information content (AvgIpc) is 2.48. The Kier molecular flexibility index (Phi) is 4.93. The lowest BCUT2D eigenvalue weighted by atomic mass is 10.1. The summed E-state index contributed by atoms with van der Waals surface area (Å²) >= 11 is 0. The molecule has 0 spiro atoms. The topological polar surface area (TPSA) is 75.6 Å². The number of carboxylic acid groups (broad SMARTS) is 1. The third kappa shape index (κ3) is 4.65. The Balaban J connectivity index is 1.95. The highest BCUT2D eigenvalue weighted by Gasteiger charge is 2.09. The molecule has 108 valence electrons. The predicted molar refractivity (Wildman–Crippen MR) is 78.3 cm³/mol. The summed E-state index contributed by atoms with van der Waals surface area (Å²) in [7, 11) is 0. The first-order valence-corrected chi connectivity index (χ1v) is 6.42. The van der Waals surface area contributed by atoms with Gasteiger partial charge in [0.25, 0.3) is 5.91 Å². The second-order valence-corrected chi connectivity index (χ2v) is 4.38. The summed E-state index contributed by atoms with van der Waals surface area (Å²) < 4.78 is 5.33. The fourth-order valence-corrected chi connectivity index (χ4v) is 1.81. The molecule has 2 aromatic rings. The molecule has 2 rings (SSSR count). The smallest absolute Gasteiger partial charge is 0.307 e. The number of benzene rings is 2.